The first-order valence-corrected chi connectivity index (χ1v) is 7.62. The summed E-state index contributed by atoms with van der Waals surface area (Å²) in [5.74, 6) is -1.13. The lowest BCUT2D eigenvalue weighted by Gasteiger charge is -2.35. The molecule has 23 heavy (non-hydrogen) atoms. The first-order chi connectivity index (χ1) is 10.9. The van der Waals surface area contributed by atoms with Gasteiger partial charge in [-0.2, -0.15) is 0 Å². The second-order valence-electron chi connectivity index (χ2n) is 5.51. The molecule has 7 nitrogen and oxygen atoms in total. The van der Waals surface area contributed by atoms with Crippen molar-refractivity contribution in [1.82, 2.24) is 5.32 Å². The third-order valence-electron chi connectivity index (χ3n) is 4.04. The summed E-state index contributed by atoms with van der Waals surface area (Å²) in [5, 5.41) is 13.6. The van der Waals surface area contributed by atoms with Crippen LogP contribution in [-0.4, -0.2) is 29.4 Å². The number of nitrogens with one attached hydrogen (secondary N) is 1. The van der Waals surface area contributed by atoms with Crippen LogP contribution < -0.4 is 5.32 Å². The number of hydrogen-bond donors (Lipinski definition) is 1. The highest BCUT2D eigenvalue weighted by molar-refractivity contribution is 6.34. The zero-order valence-corrected chi connectivity index (χ0v) is 13.4. The molecular weight excluding hydrogens is 324 g/mol. The fraction of sp³-hybridized carbons (Fsp3) is 0.467. The highest BCUT2D eigenvalue weighted by atomic mass is 35.5. The maximum Gasteiger partial charge on any atom is 0.331 e. The number of halogens is 1. The van der Waals surface area contributed by atoms with Crippen LogP contribution in [0.3, 0.4) is 0 Å². The van der Waals surface area contributed by atoms with E-state index in [1.807, 2.05) is 0 Å². The molecule has 8 heteroatoms. The predicted octanol–water partition coefficient (Wildman–Crippen LogP) is 2.85. The van der Waals surface area contributed by atoms with Gasteiger partial charge in [-0.1, -0.05) is 30.9 Å². The third-order valence-corrected chi connectivity index (χ3v) is 4.37. The predicted molar refractivity (Wildman–Crippen MR) is 83.4 cm³/mol. The highest BCUT2D eigenvalue weighted by Gasteiger charge is 2.42. The Balaban J connectivity index is 2.30. The summed E-state index contributed by atoms with van der Waals surface area (Å²) in [6.07, 6.45) is 3.50. The molecule has 0 radical (unpaired) electrons. The third kappa shape index (κ3) is 3.61. The molecule has 1 amide bonds. The standard InChI is InChI=1S/C15H17ClN2O5/c1-23-14(20)15(7-3-2-4-8-15)17-13(19)11-9-10(18(21)22)5-6-12(11)16/h5-6,9H,2-4,7-8H2,1H3,(H,17,19). The number of carbonyl (C=O) groups excluding carboxylic acids is 2. The van der Waals surface area contributed by atoms with E-state index in [0.29, 0.717) is 12.8 Å². The molecule has 0 atom stereocenters. The van der Waals surface area contributed by atoms with Crippen LogP contribution >= 0.6 is 11.6 Å². The highest BCUT2D eigenvalue weighted by Crippen LogP contribution is 2.31. The summed E-state index contributed by atoms with van der Waals surface area (Å²) in [5.41, 5.74) is -1.37. The van der Waals surface area contributed by atoms with Crippen LogP contribution in [0.4, 0.5) is 5.69 Å². The van der Waals surface area contributed by atoms with Gasteiger partial charge in [-0.3, -0.25) is 14.9 Å². The van der Waals surface area contributed by atoms with Gasteiger partial charge in [0.2, 0.25) is 0 Å². The zero-order chi connectivity index (χ0) is 17.0. The van der Waals surface area contributed by atoms with Crippen LogP contribution in [0.5, 0.6) is 0 Å². The Morgan fingerprint density at radius 1 is 1.30 bits per heavy atom. The van der Waals surface area contributed by atoms with E-state index in [9.17, 15) is 19.7 Å². The van der Waals surface area contributed by atoms with Crippen LogP contribution in [0, 0.1) is 10.1 Å². The van der Waals surface area contributed by atoms with Gasteiger partial charge in [-0.25, -0.2) is 4.79 Å². The molecule has 0 saturated heterocycles. The molecule has 1 N–H and O–H groups in total. The van der Waals surface area contributed by atoms with E-state index in [1.165, 1.54) is 19.2 Å². The van der Waals surface area contributed by atoms with Gasteiger partial charge in [0.05, 0.1) is 22.6 Å². The number of amides is 1. The summed E-state index contributed by atoms with van der Waals surface area (Å²) < 4.78 is 4.83. The van der Waals surface area contributed by atoms with Crippen molar-refractivity contribution in [3.05, 3.63) is 38.9 Å². The number of nitro benzene ring substituents is 1. The molecule has 1 aromatic rings. The van der Waals surface area contributed by atoms with Crippen LogP contribution in [0.25, 0.3) is 0 Å². The van der Waals surface area contributed by atoms with Crippen LogP contribution in [0.1, 0.15) is 42.5 Å². The SMILES string of the molecule is COC(=O)C1(NC(=O)c2cc([N+](=O)[O-])ccc2Cl)CCCCC1. The number of hydrogen-bond acceptors (Lipinski definition) is 5. The summed E-state index contributed by atoms with van der Waals surface area (Å²) in [4.78, 5) is 34.9. The Morgan fingerprint density at radius 3 is 2.52 bits per heavy atom. The van der Waals surface area contributed by atoms with E-state index in [1.54, 1.807) is 0 Å². The second-order valence-corrected chi connectivity index (χ2v) is 5.92. The molecular formula is C15H17ClN2O5. The van der Waals surface area contributed by atoms with Crippen molar-refractivity contribution >= 4 is 29.2 Å². The van der Waals surface area contributed by atoms with Crippen molar-refractivity contribution in [3.8, 4) is 0 Å². The topological polar surface area (TPSA) is 98.5 Å². The van der Waals surface area contributed by atoms with Gasteiger partial charge in [-0.15, -0.1) is 0 Å². The molecule has 0 unspecified atom stereocenters. The van der Waals surface area contributed by atoms with E-state index < -0.39 is 22.3 Å². The summed E-state index contributed by atoms with van der Waals surface area (Å²) in [6.45, 7) is 0. The molecule has 0 aromatic heterocycles. The lowest BCUT2D eigenvalue weighted by atomic mass is 9.81. The van der Waals surface area contributed by atoms with E-state index in [0.717, 1.165) is 25.3 Å². The van der Waals surface area contributed by atoms with Crippen molar-refractivity contribution < 1.29 is 19.2 Å². The van der Waals surface area contributed by atoms with E-state index in [4.69, 9.17) is 16.3 Å². The Bertz CT molecular complexity index is 641. The molecule has 0 aliphatic heterocycles. The second kappa shape index (κ2) is 6.95. The zero-order valence-electron chi connectivity index (χ0n) is 12.6. The van der Waals surface area contributed by atoms with Crippen molar-refractivity contribution in [2.24, 2.45) is 0 Å². The molecule has 2 rings (SSSR count). The Labute approximate surface area is 138 Å². The first kappa shape index (κ1) is 17.2. The molecule has 124 valence electrons. The normalized spacial score (nSPS) is 16.4. The van der Waals surface area contributed by atoms with Gasteiger partial charge in [-0.05, 0) is 18.9 Å². The monoisotopic (exact) mass is 340 g/mol. The van der Waals surface area contributed by atoms with Crippen LogP contribution in [0.15, 0.2) is 18.2 Å². The number of non-ortho nitro benzene ring substituents is 1. The van der Waals surface area contributed by atoms with E-state index >= 15 is 0 Å². The number of methoxy groups -OCH3 is 1. The average Bonchev–Trinajstić information content (AvgIpc) is 2.54. The number of rotatable bonds is 4. The Hall–Kier alpha value is -2.15. The molecule has 1 fully saturated rings. The van der Waals surface area contributed by atoms with Gasteiger partial charge in [0.15, 0.2) is 0 Å². The summed E-state index contributed by atoms with van der Waals surface area (Å²) in [7, 11) is 1.27. The molecule has 0 heterocycles. The van der Waals surface area contributed by atoms with E-state index in [-0.39, 0.29) is 16.3 Å². The first-order valence-electron chi connectivity index (χ1n) is 7.24. The molecule has 1 aliphatic rings. The lowest BCUT2D eigenvalue weighted by molar-refractivity contribution is -0.384. The maximum atomic E-state index is 12.5. The van der Waals surface area contributed by atoms with Crippen molar-refractivity contribution in [1.29, 1.82) is 0 Å². The number of nitrogens with zero attached hydrogens (tertiary/aromatic N) is 1. The molecule has 1 saturated carbocycles. The van der Waals surface area contributed by atoms with Crippen molar-refractivity contribution in [3.63, 3.8) is 0 Å². The molecule has 0 spiro atoms. The van der Waals surface area contributed by atoms with Gasteiger partial charge in [0, 0.05) is 12.1 Å². The van der Waals surface area contributed by atoms with Gasteiger partial charge in [0.1, 0.15) is 5.54 Å². The Morgan fingerprint density at radius 2 is 1.96 bits per heavy atom. The van der Waals surface area contributed by atoms with Gasteiger partial charge in [0.25, 0.3) is 11.6 Å². The molecule has 1 aromatic carbocycles. The van der Waals surface area contributed by atoms with E-state index in [2.05, 4.69) is 5.32 Å². The number of benzene rings is 1. The summed E-state index contributed by atoms with van der Waals surface area (Å²) >= 11 is 5.97. The van der Waals surface area contributed by atoms with Crippen molar-refractivity contribution in [2.45, 2.75) is 37.6 Å². The fourth-order valence-electron chi connectivity index (χ4n) is 2.82. The minimum atomic E-state index is -1.10. The number of ether oxygens (including phenoxy) is 1. The maximum absolute atomic E-state index is 12.5. The Kier molecular flexibility index (Phi) is 5.20. The van der Waals surface area contributed by atoms with Gasteiger partial charge >= 0.3 is 5.97 Å². The van der Waals surface area contributed by atoms with Crippen LogP contribution in [-0.2, 0) is 9.53 Å². The quantitative estimate of drug-likeness (QED) is 0.516. The molecule has 0 bridgehead atoms. The summed E-state index contributed by atoms with van der Waals surface area (Å²) in [6, 6.07) is 3.61. The number of carbonyl (C=O) groups is 2. The smallest absolute Gasteiger partial charge is 0.331 e. The molecule has 1 aliphatic carbocycles. The fourth-order valence-corrected chi connectivity index (χ4v) is 3.02. The van der Waals surface area contributed by atoms with Gasteiger partial charge < -0.3 is 10.1 Å². The minimum Gasteiger partial charge on any atom is -0.467 e. The minimum absolute atomic E-state index is 0.0327. The largest absolute Gasteiger partial charge is 0.467 e. The lowest BCUT2D eigenvalue weighted by Crippen LogP contribution is -2.56. The van der Waals surface area contributed by atoms with Crippen LogP contribution in [0.2, 0.25) is 5.02 Å². The number of nitro groups is 1. The average molecular weight is 341 g/mol. The number of esters is 1. The van der Waals surface area contributed by atoms with Crippen molar-refractivity contribution in [2.75, 3.05) is 7.11 Å².